The zero-order chi connectivity index (χ0) is 20.5. The number of nitrogens with one attached hydrogen (secondary N) is 1. The fourth-order valence-corrected chi connectivity index (χ4v) is 6.44. The molecule has 1 aliphatic rings. The van der Waals surface area contributed by atoms with Crippen molar-refractivity contribution in [3.8, 4) is 11.3 Å². The molecule has 3 aromatic heterocycles. The molecule has 0 unspecified atom stereocenters. The van der Waals surface area contributed by atoms with E-state index in [0.29, 0.717) is 0 Å². The van der Waals surface area contributed by atoms with Crippen LogP contribution in [0.15, 0.2) is 78.9 Å². The molecule has 0 bridgehead atoms. The number of para-hydroxylation sites is 1. The van der Waals surface area contributed by atoms with E-state index in [0.717, 1.165) is 0 Å². The normalized spacial score (nSPS) is 15.0. The van der Waals surface area contributed by atoms with Crippen LogP contribution in [0, 0.1) is 0 Å². The van der Waals surface area contributed by atoms with Crippen molar-refractivity contribution in [1.82, 2.24) is 9.38 Å². The molecule has 0 saturated carbocycles. The van der Waals surface area contributed by atoms with Gasteiger partial charge in [-0.2, -0.15) is 0 Å². The Morgan fingerprint density at radius 1 is 0.677 bits per heavy atom. The lowest BCUT2D eigenvalue weighted by Crippen LogP contribution is -2.14. The summed E-state index contributed by atoms with van der Waals surface area (Å²) in [5.41, 5.74) is 10.6. The highest BCUT2D eigenvalue weighted by atomic mass is 14.9. The molecular formula is C29H20N2. The van der Waals surface area contributed by atoms with Crippen LogP contribution in [-0.4, -0.2) is 9.38 Å². The third kappa shape index (κ3) is 1.63. The SMILES string of the molecule is CC1(C)c2ccccc2-c2c1c1cccc3c4cccc5[nH]c6cccc(c6c54)n2c13. The van der Waals surface area contributed by atoms with E-state index >= 15 is 0 Å². The predicted molar refractivity (Wildman–Crippen MR) is 131 cm³/mol. The Hall–Kier alpha value is -3.78. The molecule has 0 radical (unpaired) electrons. The Labute approximate surface area is 179 Å². The Morgan fingerprint density at radius 2 is 1.39 bits per heavy atom. The highest BCUT2D eigenvalue weighted by molar-refractivity contribution is 6.29. The summed E-state index contributed by atoms with van der Waals surface area (Å²) in [7, 11) is 0. The number of aromatic nitrogens is 2. The second-order valence-corrected chi connectivity index (χ2v) is 9.48. The van der Waals surface area contributed by atoms with Crippen molar-refractivity contribution in [2.24, 2.45) is 0 Å². The van der Waals surface area contributed by atoms with Crippen LogP contribution in [0.5, 0.6) is 0 Å². The minimum Gasteiger partial charge on any atom is -0.354 e. The summed E-state index contributed by atoms with van der Waals surface area (Å²) in [5.74, 6) is 0. The van der Waals surface area contributed by atoms with Crippen molar-refractivity contribution in [1.29, 1.82) is 0 Å². The van der Waals surface area contributed by atoms with Crippen molar-refractivity contribution in [3.63, 3.8) is 0 Å². The second kappa shape index (κ2) is 4.92. The van der Waals surface area contributed by atoms with E-state index in [2.05, 4.69) is 102 Å². The molecule has 2 heteroatoms. The van der Waals surface area contributed by atoms with Crippen molar-refractivity contribution >= 4 is 49.0 Å². The van der Waals surface area contributed by atoms with Gasteiger partial charge in [-0.25, -0.2) is 0 Å². The van der Waals surface area contributed by atoms with Gasteiger partial charge in [0.05, 0.1) is 16.7 Å². The van der Waals surface area contributed by atoms with Crippen LogP contribution in [0.1, 0.15) is 25.0 Å². The van der Waals surface area contributed by atoms with Crippen LogP contribution in [0.25, 0.3) is 60.3 Å². The van der Waals surface area contributed by atoms with Crippen molar-refractivity contribution < 1.29 is 0 Å². The topological polar surface area (TPSA) is 20.2 Å². The van der Waals surface area contributed by atoms with Crippen LogP contribution < -0.4 is 0 Å². The first-order valence-electron chi connectivity index (χ1n) is 11.0. The summed E-state index contributed by atoms with van der Waals surface area (Å²) < 4.78 is 2.56. The van der Waals surface area contributed by atoms with E-state index in [1.807, 2.05) is 0 Å². The third-order valence-electron chi connectivity index (χ3n) is 7.63. The van der Waals surface area contributed by atoms with Crippen molar-refractivity contribution in [2.75, 3.05) is 0 Å². The molecule has 146 valence electrons. The Bertz CT molecular complexity index is 1860. The number of benzene rings is 4. The lowest BCUT2D eigenvalue weighted by Gasteiger charge is -2.21. The molecule has 2 nitrogen and oxygen atoms in total. The molecule has 7 aromatic rings. The van der Waals surface area contributed by atoms with E-state index in [4.69, 9.17) is 0 Å². The first-order chi connectivity index (χ1) is 15.2. The van der Waals surface area contributed by atoms with E-state index in [1.54, 1.807) is 0 Å². The van der Waals surface area contributed by atoms with Crippen LogP contribution in [0.2, 0.25) is 0 Å². The maximum Gasteiger partial charge on any atom is 0.0617 e. The van der Waals surface area contributed by atoms with Crippen LogP contribution in [-0.2, 0) is 5.41 Å². The molecule has 3 heterocycles. The Morgan fingerprint density at radius 3 is 2.29 bits per heavy atom. The quantitative estimate of drug-likeness (QED) is 0.272. The second-order valence-electron chi connectivity index (χ2n) is 9.48. The molecule has 31 heavy (non-hydrogen) atoms. The summed E-state index contributed by atoms with van der Waals surface area (Å²) in [6, 6.07) is 29.2. The number of rotatable bonds is 0. The number of hydrogen-bond acceptors (Lipinski definition) is 0. The Balaban J connectivity index is 1.83. The predicted octanol–water partition coefficient (Wildman–Crippen LogP) is 7.62. The van der Waals surface area contributed by atoms with Gasteiger partial charge in [0, 0.05) is 43.6 Å². The number of fused-ring (bicyclic) bond motifs is 7. The first-order valence-corrected chi connectivity index (χ1v) is 11.0. The molecule has 4 aromatic carbocycles. The molecular weight excluding hydrogens is 376 g/mol. The first kappa shape index (κ1) is 16.0. The van der Waals surface area contributed by atoms with Gasteiger partial charge in [-0.05, 0) is 34.7 Å². The van der Waals surface area contributed by atoms with Gasteiger partial charge in [0.25, 0.3) is 0 Å². The van der Waals surface area contributed by atoms with Crippen LogP contribution >= 0.6 is 0 Å². The summed E-state index contributed by atoms with van der Waals surface area (Å²) in [6.07, 6.45) is 0. The molecule has 8 rings (SSSR count). The van der Waals surface area contributed by atoms with Gasteiger partial charge >= 0.3 is 0 Å². The largest absolute Gasteiger partial charge is 0.354 e. The Kier molecular flexibility index (Phi) is 2.54. The van der Waals surface area contributed by atoms with Crippen molar-refractivity contribution in [2.45, 2.75) is 19.3 Å². The fourth-order valence-electron chi connectivity index (χ4n) is 6.44. The highest BCUT2D eigenvalue weighted by Crippen LogP contribution is 2.54. The molecule has 0 aliphatic heterocycles. The van der Waals surface area contributed by atoms with E-state index < -0.39 is 0 Å². The number of aromatic amines is 1. The van der Waals surface area contributed by atoms with Gasteiger partial charge in [-0.3, -0.25) is 0 Å². The molecule has 0 atom stereocenters. The number of nitrogens with zero attached hydrogens (tertiary/aromatic N) is 1. The summed E-state index contributed by atoms with van der Waals surface area (Å²) in [4.78, 5) is 3.67. The minimum absolute atomic E-state index is 0.0336. The fraction of sp³-hybridized carbons (Fsp3) is 0.103. The van der Waals surface area contributed by atoms with E-state index in [-0.39, 0.29) is 5.41 Å². The van der Waals surface area contributed by atoms with Crippen LogP contribution in [0.4, 0.5) is 0 Å². The summed E-state index contributed by atoms with van der Waals surface area (Å²) >= 11 is 0. The smallest absolute Gasteiger partial charge is 0.0617 e. The van der Waals surface area contributed by atoms with Gasteiger partial charge < -0.3 is 9.38 Å². The van der Waals surface area contributed by atoms with E-state index in [1.165, 1.54) is 71.4 Å². The molecule has 1 N–H and O–H groups in total. The van der Waals surface area contributed by atoms with Gasteiger partial charge in [0.1, 0.15) is 0 Å². The molecule has 1 aliphatic carbocycles. The number of H-pyrrole nitrogens is 1. The number of hydrogen-bond donors (Lipinski definition) is 1. The van der Waals surface area contributed by atoms with Gasteiger partial charge in [0.2, 0.25) is 0 Å². The van der Waals surface area contributed by atoms with E-state index in [9.17, 15) is 0 Å². The van der Waals surface area contributed by atoms with Gasteiger partial charge in [0.15, 0.2) is 0 Å². The molecule has 0 saturated heterocycles. The average molecular weight is 396 g/mol. The third-order valence-corrected chi connectivity index (χ3v) is 7.63. The minimum atomic E-state index is -0.0336. The zero-order valence-electron chi connectivity index (χ0n) is 17.5. The molecule has 0 amide bonds. The standard InChI is InChI=1S/C29H20N2/c1-29(2)20-12-4-3-8-18(20)28-26(29)19-11-5-10-17-16-9-6-13-21-24(16)25-22(30-21)14-7-15-23(25)31(28)27(17)19/h3-15,30H,1-2H3. The summed E-state index contributed by atoms with van der Waals surface area (Å²) in [6.45, 7) is 4.76. The zero-order valence-corrected chi connectivity index (χ0v) is 17.5. The summed E-state index contributed by atoms with van der Waals surface area (Å²) in [5, 5.41) is 6.68. The van der Waals surface area contributed by atoms with Gasteiger partial charge in [-0.1, -0.05) is 74.5 Å². The highest BCUT2D eigenvalue weighted by Gasteiger charge is 2.40. The maximum atomic E-state index is 3.67. The molecule has 0 fully saturated rings. The van der Waals surface area contributed by atoms with Crippen molar-refractivity contribution in [3.05, 3.63) is 90.0 Å². The van der Waals surface area contributed by atoms with Gasteiger partial charge in [-0.15, -0.1) is 0 Å². The van der Waals surface area contributed by atoms with Crippen LogP contribution in [0.3, 0.4) is 0 Å². The lowest BCUT2D eigenvalue weighted by atomic mass is 9.81. The lowest BCUT2D eigenvalue weighted by molar-refractivity contribution is 0.666. The monoisotopic (exact) mass is 396 g/mol. The average Bonchev–Trinajstić information content (AvgIpc) is 3.38. The molecule has 0 spiro atoms. The maximum absolute atomic E-state index is 3.67.